The number of anilines is 1. The second-order valence-corrected chi connectivity index (χ2v) is 11.2. The van der Waals surface area contributed by atoms with E-state index in [1.54, 1.807) is 53.8 Å². The minimum atomic E-state index is -0.680. The van der Waals surface area contributed by atoms with Gasteiger partial charge >= 0.3 is 5.97 Å². The van der Waals surface area contributed by atoms with Crippen LogP contribution in [0.2, 0.25) is 0 Å². The number of ether oxygens (including phenoxy) is 2. The Kier molecular flexibility index (Phi) is 8.30. The maximum atomic E-state index is 14.3. The van der Waals surface area contributed by atoms with Crippen LogP contribution >= 0.6 is 11.8 Å². The molecule has 36 heavy (non-hydrogen) atoms. The summed E-state index contributed by atoms with van der Waals surface area (Å²) < 4.78 is 10.0. The van der Waals surface area contributed by atoms with Gasteiger partial charge in [-0.05, 0) is 63.3 Å². The van der Waals surface area contributed by atoms with Gasteiger partial charge in [-0.25, -0.2) is 0 Å². The molecule has 1 N–H and O–H groups in total. The summed E-state index contributed by atoms with van der Waals surface area (Å²) >= 11 is 1.64. The van der Waals surface area contributed by atoms with Crippen LogP contribution in [0, 0.1) is 11.8 Å². The largest absolute Gasteiger partial charge is 0.497 e. The second-order valence-electron chi connectivity index (χ2n) is 9.56. The average molecular weight is 517 g/mol. The minimum Gasteiger partial charge on any atom is -0.497 e. The van der Waals surface area contributed by atoms with E-state index in [0.29, 0.717) is 43.8 Å². The molecule has 3 fully saturated rings. The van der Waals surface area contributed by atoms with Crippen LogP contribution < -0.4 is 9.64 Å². The molecule has 3 heterocycles. The number of hydrogen-bond acceptors (Lipinski definition) is 7. The van der Waals surface area contributed by atoms with E-state index in [4.69, 9.17) is 9.47 Å². The highest BCUT2D eigenvalue weighted by Gasteiger charge is 2.74. The number of fused-ring (bicyclic) bond motifs is 1. The van der Waals surface area contributed by atoms with Gasteiger partial charge in [0.05, 0.1) is 30.3 Å². The Labute approximate surface area is 217 Å². The number of esters is 1. The molecule has 3 saturated heterocycles. The number of benzene rings is 1. The van der Waals surface area contributed by atoms with Crippen LogP contribution in [-0.4, -0.2) is 77.2 Å². The number of carbonyl (C=O) groups is 3. The normalized spacial score (nSPS) is 28.2. The number of carbonyl (C=O) groups excluding carboxylic acids is 3. The van der Waals surface area contributed by atoms with Gasteiger partial charge in [0.15, 0.2) is 0 Å². The van der Waals surface area contributed by atoms with E-state index in [-0.39, 0.29) is 36.2 Å². The maximum Gasteiger partial charge on any atom is 0.310 e. The SMILES string of the molecule is C=CCN(C(=O)C1N(CCCCCO)C(=O)[C@@H]2[C@H](C(=O)OCC)[C@@H]3CCC12S3)c1ccc(OC)cc1. The zero-order valence-electron chi connectivity index (χ0n) is 21.1. The lowest BCUT2D eigenvalue weighted by molar-refractivity contribution is -0.153. The van der Waals surface area contributed by atoms with E-state index < -0.39 is 22.6 Å². The molecule has 2 unspecified atom stereocenters. The van der Waals surface area contributed by atoms with Gasteiger partial charge in [0.25, 0.3) is 5.91 Å². The van der Waals surface area contributed by atoms with Crippen LogP contribution in [0.3, 0.4) is 0 Å². The Balaban J connectivity index is 1.71. The van der Waals surface area contributed by atoms with Crippen molar-refractivity contribution in [1.82, 2.24) is 4.90 Å². The number of rotatable bonds is 12. The van der Waals surface area contributed by atoms with Crippen LogP contribution in [0.25, 0.3) is 0 Å². The molecule has 0 aromatic heterocycles. The van der Waals surface area contributed by atoms with Crippen molar-refractivity contribution >= 4 is 35.2 Å². The number of amides is 2. The highest BCUT2D eigenvalue weighted by atomic mass is 32.2. The molecule has 2 bridgehead atoms. The van der Waals surface area contributed by atoms with E-state index in [2.05, 4.69) is 6.58 Å². The van der Waals surface area contributed by atoms with Gasteiger partial charge in [0.2, 0.25) is 5.91 Å². The smallest absolute Gasteiger partial charge is 0.310 e. The number of thioether (sulfide) groups is 1. The molecule has 8 nitrogen and oxygen atoms in total. The lowest BCUT2D eigenvalue weighted by Crippen LogP contribution is -2.55. The first-order valence-electron chi connectivity index (χ1n) is 12.8. The Hall–Kier alpha value is -2.52. The fourth-order valence-corrected chi connectivity index (χ4v) is 8.31. The van der Waals surface area contributed by atoms with Crippen molar-refractivity contribution in [1.29, 1.82) is 0 Å². The molecule has 1 spiro atoms. The predicted molar refractivity (Wildman–Crippen MR) is 139 cm³/mol. The first kappa shape index (κ1) is 26.5. The van der Waals surface area contributed by atoms with Gasteiger partial charge in [0, 0.05) is 30.6 Å². The van der Waals surface area contributed by atoms with Crippen molar-refractivity contribution in [2.45, 2.75) is 55.1 Å². The van der Waals surface area contributed by atoms with Crippen molar-refractivity contribution in [3.05, 3.63) is 36.9 Å². The molecule has 3 aliphatic rings. The van der Waals surface area contributed by atoms with Crippen LogP contribution in [0.1, 0.15) is 39.0 Å². The topological polar surface area (TPSA) is 96.4 Å². The Morgan fingerprint density at radius 1 is 1.28 bits per heavy atom. The van der Waals surface area contributed by atoms with Gasteiger partial charge in [-0.1, -0.05) is 6.08 Å². The summed E-state index contributed by atoms with van der Waals surface area (Å²) in [7, 11) is 1.59. The van der Waals surface area contributed by atoms with Crippen LogP contribution in [0.4, 0.5) is 5.69 Å². The van der Waals surface area contributed by atoms with E-state index in [1.807, 2.05) is 12.1 Å². The molecule has 5 atom stereocenters. The molecule has 1 aromatic rings. The molecule has 0 saturated carbocycles. The number of likely N-dealkylation sites (tertiary alicyclic amines) is 1. The number of methoxy groups -OCH3 is 1. The van der Waals surface area contributed by atoms with Gasteiger partial charge in [-0.2, -0.15) is 0 Å². The quantitative estimate of drug-likeness (QED) is 0.259. The Morgan fingerprint density at radius 3 is 2.67 bits per heavy atom. The minimum absolute atomic E-state index is 0.0151. The van der Waals surface area contributed by atoms with E-state index in [0.717, 1.165) is 12.8 Å². The monoisotopic (exact) mass is 516 g/mol. The fraction of sp³-hybridized carbons (Fsp3) is 0.593. The van der Waals surface area contributed by atoms with Gasteiger partial charge in [-0.3, -0.25) is 14.4 Å². The van der Waals surface area contributed by atoms with Crippen molar-refractivity contribution in [2.75, 3.05) is 38.3 Å². The summed E-state index contributed by atoms with van der Waals surface area (Å²) in [6, 6.07) is 6.59. The molecule has 3 aliphatic heterocycles. The third-order valence-electron chi connectivity index (χ3n) is 7.61. The summed E-state index contributed by atoms with van der Waals surface area (Å²) in [6.07, 6.45) is 5.25. The molecule has 196 valence electrons. The molecule has 2 amide bonds. The summed E-state index contributed by atoms with van der Waals surface area (Å²) in [6.45, 7) is 6.69. The highest BCUT2D eigenvalue weighted by molar-refractivity contribution is 8.02. The number of aliphatic hydroxyl groups is 1. The van der Waals surface area contributed by atoms with Crippen LogP contribution in [0.5, 0.6) is 5.75 Å². The third-order valence-corrected chi connectivity index (χ3v) is 9.56. The fourth-order valence-electron chi connectivity index (χ4n) is 6.11. The second kappa shape index (κ2) is 11.3. The zero-order valence-corrected chi connectivity index (χ0v) is 21.9. The molecule has 9 heteroatoms. The summed E-state index contributed by atoms with van der Waals surface area (Å²) in [4.78, 5) is 44.6. The molecule has 0 radical (unpaired) electrons. The first-order chi connectivity index (χ1) is 17.4. The summed E-state index contributed by atoms with van der Waals surface area (Å²) in [5.41, 5.74) is 0.702. The highest BCUT2D eigenvalue weighted by Crippen LogP contribution is 2.66. The third kappa shape index (κ3) is 4.52. The summed E-state index contributed by atoms with van der Waals surface area (Å²) in [5, 5.41) is 9.18. The van der Waals surface area contributed by atoms with E-state index >= 15 is 0 Å². The van der Waals surface area contributed by atoms with E-state index in [9.17, 15) is 19.5 Å². The van der Waals surface area contributed by atoms with Crippen molar-refractivity contribution < 1.29 is 29.0 Å². The van der Waals surface area contributed by atoms with Gasteiger partial charge in [-0.15, -0.1) is 18.3 Å². The van der Waals surface area contributed by atoms with Crippen LogP contribution in [-0.2, 0) is 19.1 Å². The Bertz CT molecular complexity index is 985. The lowest BCUT2D eigenvalue weighted by atomic mass is 9.71. The maximum absolute atomic E-state index is 14.3. The number of aliphatic hydroxyl groups excluding tert-OH is 1. The molecule has 1 aromatic carbocycles. The molecule has 4 rings (SSSR count). The van der Waals surface area contributed by atoms with E-state index in [1.165, 1.54) is 0 Å². The molecular weight excluding hydrogens is 480 g/mol. The van der Waals surface area contributed by atoms with Crippen molar-refractivity contribution in [3.63, 3.8) is 0 Å². The van der Waals surface area contributed by atoms with Crippen molar-refractivity contribution in [2.24, 2.45) is 11.8 Å². The standard InChI is InChI=1S/C27H36N2O6S/c1-4-15-28(18-9-11-19(34-3)12-10-18)25(32)23-27-14-13-20(36-27)21(26(33)35-5-2)22(27)24(31)29(23)16-7-6-8-17-30/h4,9-12,20-23,30H,1,5-8,13-17H2,2-3H3/t20-,21+,22-,23?,27?/m0/s1. The van der Waals surface area contributed by atoms with Crippen molar-refractivity contribution in [3.8, 4) is 5.75 Å². The van der Waals surface area contributed by atoms with Crippen LogP contribution in [0.15, 0.2) is 36.9 Å². The lowest BCUT2D eigenvalue weighted by Gasteiger charge is -2.37. The Morgan fingerprint density at radius 2 is 2.03 bits per heavy atom. The number of unbranched alkanes of at least 4 members (excludes halogenated alkanes) is 2. The average Bonchev–Trinajstić information content (AvgIpc) is 3.52. The molecule has 0 aliphatic carbocycles. The molecular formula is C27H36N2O6S. The zero-order chi connectivity index (χ0) is 25.9. The number of hydrogen-bond donors (Lipinski definition) is 1. The predicted octanol–water partition coefficient (Wildman–Crippen LogP) is 3.03. The summed E-state index contributed by atoms with van der Waals surface area (Å²) in [5.74, 6) is -1.01. The number of nitrogens with zero attached hydrogens (tertiary/aromatic N) is 2. The van der Waals surface area contributed by atoms with Gasteiger partial charge < -0.3 is 24.4 Å². The van der Waals surface area contributed by atoms with Gasteiger partial charge in [0.1, 0.15) is 11.8 Å². The first-order valence-corrected chi connectivity index (χ1v) is 13.6.